The van der Waals surface area contributed by atoms with Crippen molar-refractivity contribution in [2.24, 2.45) is 11.1 Å². The van der Waals surface area contributed by atoms with Crippen LogP contribution in [0.2, 0.25) is 10.0 Å². The molecule has 0 saturated carbocycles. The Hall–Kier alpha value is -0.830. The summed E-state index contributed by atoms with van der Waals surface area (Å²) in [5.74, 6) is 0. The number of hydrogen-bond acceptors (Lipinski definition) is 2. The zero-order chi connectivity index (χ0) is 14.2. The van der Waals surface area contributed by atoms with Gasteiger partial charge in [0.25, 0.3) is 0 Å². The third-order valence-electron chi connectivity index (χ3n) is 3.26. The summed E-state index contributed by atoms with van der Waals surface area (Å²) in [6.07, 6.45) is 0.866. The van der Waals surface area contributed by atoms with E-state index in [0.29, 0.717) is 16.6 Å². The van der Waals surface area contributed by atoms with Crippen LogP contribution in [-0.4, -0.2) is 11.5 Å². The van der Waals surface area contributed by atoms with Crippen LogP contribution >= 0.6 is 23.2 Å². The summed E-state index contributed by atoms with van der Waals surface area (Å²) in [5.41, 5.74) is 8.85. The molecule has 0 aliphatic carbocycles. The van der Waals surface area contributed by atoms with Crippen molar-refractivity contribution >= 4 is 34.1 Å². The largest absolute Gasteiger partial charge is 0.330 e. The van der Waals surface area contributed by atoms with E-state index in [0.717, 1.165) is 23.0 Å². The quantitative estimate of drug-likeness (QED) is 0.913. The van der Waals surface area contributed by atoms with E-state index in [9.17, 15) is 0 Å². The molecule has 1 aromatic heterocycles. The third-order valence-corrected chi connectivity index (χ3v) is 3.77. The Bertz CT molecular complexity index is 616. The van der Waals surface area contributed by atoms with E-state index in [1.807, 2.05) is 13.0 Å². The summed E-state index contributed by atoms with van der Waals surface area (Å²) in [6, 6.07) is 5.70. The van der Waals surface area contributed by atoms with E-state index in [1.165, 1.54) is 5.56 Å². The van der Waals surface area contributed by atoms with Crippen LogP contribution in [0, 0.1) is 12.3 Å². The SMILES string of the molecule is Cc1cc(CC(C)(C)CN)c2c(Cl)cc(Cl)cc2n1. The lowest BCUT2D eigenvalue weighted by atomic mass is 9.84. The molecular formula is C15H18Cl2N2. The van der Waals surface area contributed by atoms with Crippen LogP contribution in [0.3, 0.4) is 0 Å². The Morgan fingerprint density at radius 3 is 2.53 bits per heavy atom. The number of rotatable bonds is 3. The number of fused-ring (bicyclic) bond motifs is 1. The minimum Gasteiger partial charge on any atom is -0.330 e. The maximum absolute atomic E-state index is 6.34. The number of nitrogens with two attached hydrogens (primary N) is 1. The first-order valence-electron chi connectivity index (χ1n) is 6.28. The molecule has 2 N–H and O–H groups in total. The van der Waals surface area contributed by atoms with Crippen LogP contribution in [0.4, 0.5) is 0 Å². The molecule has 0 aliphatic rings. The van der Waals surface area contributed by atoms with Crippen molar-refractivity contribution in [1.29, 1.82) is 0 Å². The van der Waals surface area contributed by atoms with Gasteiger partial charge in [-0.15, -0.1) is 0 Å². The minimum atomic E-state index is 0.0314. The van der Waals surface area contributed by atoms with Gasteiger partial charge in [0.15, 0.2) is 0 Å². The molecule has 4 heteroatoms. The van der Waals surface area contributed by atoms with Gasteiger partial charge in [0.1, 0.15) is 0 Å². The second-order valence-corrected chi connectivity index (χ2v) is 6.59. The lowest BCUT2D eigenvalue weighted by Gasteiger charge is -2.23. The summed E-state index contributed by atoms with van der Waals surface area (Å²) in [5, 5.41) is 2.25. The molecule has 0 aliphatic heterocycles. The summed E-state index contributed by atoms with van der Waals surface area (Å²) < 4.78 is 0. The molecule has 0 saturated heterocycles. The summed E-state index contributed by atoms with van der Waals surface area (Å²) >= 11 is 12.4. The molecule has 19 heavy (non-hydrogen) atoms. The zero-order valence-electron chi connectivity index (χ0n) is 11.4. The molecule has 0 fully saturated rings. The van der Waals surface area contributed by atoms with Crippen LogP contribution in [-0.2, 0) is 6.42 Å². The Morgan fingerprint density at radius 1 is 1.21 bits per heavy atom. The van der Waals surface area contributed by atoms with E-state index >= 15 is 0 Å². The van der Waals surface area contributed by atoms with Crippen molar-refractivity contribution in [2.75, 3.05) is 6.54 Å². The predicted octanol–water partition coefficient (Wildman–Crippen LogP) is 4.38. The Kier molecular flexibility index (Phi) is 4.05. The first-order chi connectivity index (χ1) is 8.82. The number of nitrogens with zero attached hydrogens (tertiary/aromatic N) is 1. The Morgan fingerprint density at radius 2 is 1.89 bits per heavy atom. The molecular weight excluding hydrogens is 279 g/mol. The molecule has 0 bridgehead atoms. The van der Waals surface area contributed by atoms with Gasteiger partial charge in [-0.25, -0.2) is 0 Å². The van der Waals surface area contributed by atoms with Gasteiger partial charge in [-0.05, 0) is 49.1 Å². The van der Waals surface area contributed by atoms with Gasteiger partial charge in [0.2, 0.25) is 0 Å². The maximum atomic E-state index is 6.34. The van der Waals surface area contributed by atoms with Crippen LogP contribution in [0.25, 0.3) is 10.9 Å². The molecule has 0 amide bonds. The van der Waals surface area contributed by atoms with Crippen molar-refractivity contribution in [3.05, 3.63) is 39.5 Å². The van der Waals surface area contributed by atoms with Crippen LogP contribution in [0.5, 0.6) is 0 Å². The fourth-order valence-corrected chi connectivity index (χ4v) is 2.84. The highest BCUT2D eigenvalue weighted by Crippen LogP contribution is 2.33. The molecule has 1 aromatic carbocycles. The lowest BCUT2D eigenvalue weighted by Crippen LogP contribution is -2.26. The van der Waals surface area contributed by atoms with Gasteiger partial charge < -0.3 is 5.73 Å². The van der Waals surface area contributed by atoms with Crippen molar-refractivity contribution in [3.8, 4) is 0 Å². The molecule has 2 nitrogen and oxygen atoms in total. The normalized spacial score (nSPS) is 12.1. The number of aromatic nitrogens is 1. The first-order valence-corrected chi connectivity index (χ1v) is 7.03. The van der Waals surface area contributed by atoms with Crippen LogP contribution < -0.4 is 5.73 Å². The average Bonchev–Trinajstić information content (AvgIpc) is 2.26. The monoisotopic (exact) mass is 296 g/mol. The van der Waals surface area contributed by atoms with E-state index < -0.39 is 0 Å². The van der Waals surface area contributed by atoms with Gasteiger partial charge in [0, 0.05) is 16.1 Å². The first kappa shape index (κ1) is 14.6. The second kappa shape index (κ2) is 5.28. The molecule has 102 valence electrons. The zero-order valence-corrected chi connectivity index (χ0v) is 12.9. The average molecular weight is 297 g/mol. The summed E-state index contributed by atoms with van der Waals surface area (Å²) in [4.78, 5) is 4.51. The van der Waals surface area contributed by atoms with Crippen molar-refractivity contribution in [1.82, 2.24) is 4.98 Å². The fourth-order valence-electron chi connectivity index (χ4n) is 2.24. The fraction of sp³-hybridized carbons (Fsp3) is 0.400. The standard InChI is InChI=1S/C15H18Cl2N2/c1-9-4-10(7-15(2,3)8-18)14-12(17)5-11(16)6-13(14)19-9/h4-6H,7-8,18H2,1-3H3. The summed E-state index contributed by atoms with van der Waals surface area (Å²) in [7, 11) is 0. The molecule has 2 aromatic rings. The second-order valence-electron chi connectivity index (χ2n) is 5.75. The summed E-state index contributed by atoms with van der Waals surface area (Å²) in [6.45, 7) is 6.91. The van der Waals surface area contributed by atoms with Gasteiger partial charge in [0.05, 0.1) is 10.5 Å². The number of halogens is 2. The van der Waals surface area contributed by atoms with Crippen molar-refractivity contribution in [3.63, 3.8) is 0 Å². The van der Waals surface area contributed by atoms with Gasteiger partial charge in [-0.3, -0.25) is 4.98 Å². The molecule has 0 spiro atoms. The lowest BCUT2D eigenvalue weighted by molar-refractivity contribution is 0.378. The molecule has 0 atom stereocenters. The molecule has 1 heterocycles. The third kappa shape index (κ3) is 3.19. The van der Waals surface area contributed by atoms with E-state index in [2.05, 4.69) is 24.9 Å². The number of aryl methyl sites for hydroxylation is 1. The highest BCUT2D eigenvalue weighted by Gasteiger charge is 2.19. The highest BCUT2D eigenvalue weighted by atomic mass is 35.5. The van der Waals surface area contributed by atoms with Crippen molar-refractivity contribution < 1.29 is 0 Å². The topological polar surface area (TPSA) is 38.9 Å². The molecule has 0 unspecified atom stereocenters. The number of pyridine rings is 1. The maximum Gasteiger partial charge on any atom is 0.0737 e. The van der Waals surface area contributed by atoms with E-state index in [4.69, 9.17) is 28.9 Å². The smallest absolute Gasteiger partial charge is 0.0737 e. The van der Waals surface area contributed by atoms with Crippen LogP contribution in [0.1, 0.15) is 25.1 Å². The minimum absolute atomic E-state index is 0.0314. The van der Waals surface area contributed by atoms with Gasteiger partial charge in [-0.2, -0.15) is 0 Å². The van der Waals surface area contributed by atoms with E-state index in [-0.39, 0.29) is 5.41 Å². The van der Waals surface area contributed by atoms with Gasteiger partial charge >= 0.3 is 0 Å². The Balaban J connectivity index is 2.66. The predicted molar refractivity (Wildman–Crippen MR) is 83.0 cm³/mol. The van der Waals surface area contributed by atoms with Gasteiger partial charge in [-0.1, -0.05) is 37.0 Å². The van der Waals surface area contributed by atoms with E-state index in [1.54, 1.807) is 6.07 Å². The number of benzene rings is 1. The van der Waals surface area contributed by atoms with Crippen LogP contribution in [0.15, 0.2) is 18.2 Å². The highest BCUT2D eigenvalue weighted by molar-refractivity contribution is 6.38. The molecule has 2 rings (SSSR count). The number of hydrogen-bond donors (Lipinski definition) is 1. The van der Waals surface area contributed by atoms with Crippen molar-refractivity contribution in [2.45, 2.75) is 27.2 Å². The Labute approximate surface area is 123 Å². The molecule has 0 radical (unpaired) electrons.